The number of nitrogens with two attached hydrogens (primary N) is 1. The number of primary amides is 1. The van der Waals surface area contributed by atoms with Gasteiger partial charge in [0.2, 0.25) is 5.91 Å². The molecule has 1 heterocycles. The van der Waals surface area contributed by atoms with Crippen LogP contribution in [-0.2, 0) is 10.5 Å². The molecule has 2 aromatic carbocycles. The van der Waals surface area contributed by atoms with Crippen molar-refractivity contribution in [3.8, 4) is 11.5 Å². The number of halogens is 1. The van der Waals surface area contributed by atoms with Gasteiger partial charge in [0.15, 0.2) is 11.5 Å². The van der Waals surface area contributed by atoms with Crippen LogP contribution >= 0.6 is 23.4 Å². The van der Waals surface area contributed by atoms with E-state index in [1.165, 1.54) is 11.8 Å². The van der Waals surface area contributed by atoms with Crippen molar-refractivity contribution in [2.45, 2.75) is 5.75 Å². The normalized spacial score (nSPS) is 12.5. The highest BCUT2D eigenvalue weighted by atomic mass is 35.5. The van der Waals surface area contributed by atoms with Gasteiger partial charge >= 0.3 is 0 Å². The van der Waals surface area contributed by atoms with E-state index in [-0.39, 0.29) is 17.2 Å². The van der Waals surface area contributed by atoms with Crippen LogP contribution in [0.2, 0.25) is 5.02 Å². The highest BCUT2D eigenvalue weighted by Crippen LogP contribution is 2.39. The minimum Gasteiger partial charge on any atom is -0.486 e. The first kappa shape index (κ1) is 18.4. The summed E-state index contributed by atoms with van der Waals surface area (Å²) in [6, 6.07) is 10.3. The lowest BCUT2D eigenvalue weighted by atomic mass is 10.1. The molecule has 0 unspecified atom stereocenters. The number of amides is 2. The molecule has 0 saturated heterocycles. The Morgan fingerprint density at radius 2 is 1.96 bits per heavy atom. The van der Waals surface area contributed by atoms with Gasteiger partial charge in [-0.05, 0) is 29.8 Å². The number of hydrogen-bond donors (Lipinski definition) is 2. The molecule has 0 spiro atoms. The molecular formula is C18H17ClN2O4S. The van der Waals surface area contributed by atoms with Crippen LogP contribution in [0.1, 0.15) is 15.9 Å². The molecule has 0 atom stereocenters. The smallest absolute Gasteiger partial charge is 0.250 e. The Balaban J connectivity index is 1.56. The largest absolute Gasteiger partial charge is 0.486 e. The number of para-hydroxylation sites is 1. The molecule has 8 heteroatoms. The lowest BCUT2D eigenvalue weighted by molar-refractivity contribution is -0.113. The average Bonchev–Trinajstić information content (AvgIpc) is 2.62. The summed E-state index contributed by atoms with van der Waals surface area (Å²) in [5, 5.41) is 3.21. The molecule has 26 heavy (non-hydrogen) atoms. The number of benzene rings is 2. The summed E-state index contributed by atoms with van der Waals surface area (Å²) in [6.45, 7) is 0.968. The number of thioether (sulfide) groups is 1. The van der Waals surface area contributed by atoms with Gasteiger partial charge in [-0.15, -0.1) is 11.8 Å². The van der Waals surface area contributed by atoms with Crippen molar-refractivity contribution < 1.29 is 19.1 Å². The van der Waals surface area contributed by atoms with Gasteiger partial charge in [0.1, 0.15) is 13.2 Å². The second-order valence-corrected chi connectivity index (χ2v) is 6.95. The van der Waals surface area contributed by atoms with E-state index in [4.69, 9.17) is 26.8 Å². The molecule has 136 valence electrons. The van der Waals surface area contributed by atoms with E-state index >= 15 is 0 Å². The maximum atomic E-state index is 12.1. The lowest BCUT2D eigenvalue weighted by Gasteiger charge is -2.20. The van der Waals surface area contributed by atoms with Crippen molar-refractivity contribution in [1.29, 1.82) is 0 Å². The van der Waals surface area contributed by atoms with Crippen molar-refractivity contribution in [3.05, 3.63) is 52.5 Å². The Hall–Kier alpha value is -2.38. The molecule has 0 radical (unpaired) electrons. The van der Waals surface area contributed by atoms with Gasteiger partial charge in [-0.3, -0.25) is 9.59 Å². The van der Waals surface area contributed by atoms with Crippen LogP contribution in [0, 0.1) is 0 Å². The first-order chi connectivity index (χ1) is 12.5. The molecule has 2 amide bonds. The summed E-state index contributed by atoms with van der Waals surface area (Å²) in [6.07, 6.45) is 0. The predicted molar refractivity (Wildman–Crippen MR) is 102 cm³/mol. The third-order valence-electron chi connectivity index (χ3n) is 3.63. The fourth-order valence-corrected chi connectivity index (χ4v) is 3.55. The molecule has 1 aliphatic heterocycles. The monoisotopic (exact) mass is 392 g/mol. The quantitative estimate of drug-likeness (QED) is 0.788. The summed E-state index contributed by atoms with van der Waals surface area (Å²) in [7, 11) is 0. The van der Waals surface area contributed by atoms with E-state index < -0.39 is 5.91 Å². The van der Waals surface area contributed by atoms with Gasteiger partial charge in [0, 0.05) is 5.75 Å². The van der Waals surface area contributed by atoms with Gasteiger partial charge in [-0.25, -0.2) is 0 Å². The standard InChI is InChI=1S/C18H17ClN2O4S/c19-13-7-11(8-15-17(13)25-6-5-24-15)9-26-10-16(22)21-14-4-2-1-3-12(14)18(20)23/h1-4,7-8H,5-6,9-10H2,(H2,20,23)(H,21,22). The summed E-state index contributed by atoms with van der Waals surface area (Å²) >= 11 is 7.63. The number of nitrogens with one attached hydrogen (secondary N) is 1. The molecule has 2 aromatic rings. The van der Waals surface area contributed by atoms with Crippen molar-refractivity contribution in [2.24, 2.45) is 5.73 Å². The number of hydrogen-bond acceptors (Lipinski definition) is 5. The molecule has 3 rings (SSSR count). The van der Waals surface area contributed by atoms with Crippen molar-refractivity contribution >= 4 is 40.9 Å². The molecular weight excluding hydrogens is 376 g/mol. The van der Waals surface area contributed by atoms with Gasteiger partial charge in [-0.2, -0.15) is 0 Å². The van der Waals surface area contributed by atoms with E-state index in [0.29, 0.717) is 41.2 Å². The molecule has 0 aromatic heterocycles. The Morgan fingerprint density at radius 1 is 1.19 bits per heavy atom. The number of ether oxygens (including phenoxy) is 2. The highest BCUT2D eigenvalue weighted by Gasteiger charge is 2.17. The van der Waals surface area contributed by atoms with Crippen LogP contribution in [0.5, 0.6) is 11.5 Å². The van der Waals surface area contributed by atoms with E-state index in [0.717, 1.165) is 5.56 Å². The number of carbonyl (C=O) groups is 2. The van der Waals surface area contributed by atoms with Crippen LogP contribution in [0.25, 0.3) is 0 Å². The third kappa shape index (κ3) is 4.42. The molecule has 6 nitrogen and oxygen atoms in total. The van der Waals surface area contributed by atoms with Gasteiger partial charge in [-0.1, -0.05) is 23.7 Å². The fraction of sp³-hybridized carbons (Fsp3) is 0.222. The van der Waals surface area contributed by atoms with E-state index in [9.17, 15) is 9.59 Å². The van der Waals surface area contributed by atoms with Crippen molar-refractivity contribution in [2.75, 3.05) is 24.3 Å². The zero-order valence-electron chi connectivity index (χ0n) is 13.8. The van der Waals surface area contributed by atoms with Gasteiger partial charge < -0.3 is 20.5 Å². The number of carbonyl (C=O) groups excluding carboxylic acids is 2. The van der Waals surface area contributed by atoms with E-state index in [1.807, 2.05) is 12.1 Å². The number of rotatable bonds is 6. The Bertz CT molecular complexity index is 844. The van der Waals surface area contributed by atoms with E-state index in [1.54, 1.807) is 24.3 Å². The second kappa shape index (κ2) is 8.33. The third-order valence-corrected chi connectivity index (χ3v) is 4.91. The first-order valence-electron chi connectivity index (χ1n) is 7.89. The molecule has 0 saturated carbocycles. The molecule has 0 fully saturated rings. The topological polar surface area (TPSA) is 90.7 Å². The number of anilines is 1. The average molecular weight is 393 g/mol. The predicted octanol–water partition coefficient (Wildman–Crippen LogP) is 3.08. The Morgan fingerprint density at radius 3 is 2.77 bits per heavy atom. The zero-order chi connectivity index (χ0) is 18.5. The van der Waals surface area contributed by atoms with Crippen LogP contribution in [0.15, 0.2) is 36.4 Å². The SMILES string of the molecule is NC(=O)c1ccccc1NC(=O)CSCc1cc(Cl)c2c(c1)OCCO2. The Labute approximate surface area is 160 Å². The van der Waals surface area contributed by atoms with Gasteiger partial charge in [0.25, 0.3) is 5.91 Å². The number of fused-ring (bicyclic) bond motifs is 1. The second-order valence-electron chi connectivity index (χ2n) is 5.55. The maximum Gasteiger partial charge on any atom is 0.250 e. The minimum absolute atomic E-state index is 0.215. The lowest BCUT2D eigenvalue weighted by Crippen LogP contribution is -2.19. The van der Waals surface area contributed by atoms with Crippen molar-refractivity contribution in [1.82, 2.24) is 0 Å². The summed E-state index contributed by atoms with van der Waals surface area (Å²) < 4.78 is 11.0. The Kier molecular flexibility index (Phi) is 5.90. The highest BCUT2D eigenvalue weighted by molar-refractivity contribution is 7.99. The summed E-state index contributed by atoms with van der Waals surface area (Å²) in [4.78, 5) is 23.5. The summed E-state index contributed by atoms with van der Waals surface area (Å²) in [5.74, 6) is 1.19. The molecule has 0 bridgehead atoms. The fourth-order valence-electron chi connectivity index (χ4n) is 2.50. The first-order valence-corrected chi connectivity index (χ1v) is 9.42. The molecule has 3 N–H and O–H groups in total. The van der Waals surface area contributed by atoms with E-state index in [2.05, 4.69) is 5.32 Å². The molecule has 1 aliphatic rings. The zero-order valence-corrected chi connectivity index (χ0v) is 15.4. The van der Waals surface area contributed by atoms with Crippen LogP contribution in [0.3, 0.4) is 0 Å². The maximum absolute atomic E-state index is 12.1. The van der Waals surface area contributed by atoms with Crippen molar-refractivity contribution in [3.63, 3.8) is 0 Å². The minimum atomic E-state index is -0.584. The molecule has 0 aliphatic carbocycles. The van der Waals surface area contributed by atoms with Gasteiger partial charge in [0.05, 0.1) is 22.0 Å². The summed E-state index contributed by atoms with van der Waals surface area (Å²) in [5.41, 5.74) is 6.94. The van der Waals surface area contributed by atoms with Crippen LogP contribution in [-0.4, -0.2) is 30.8 Å². The van der Waals surface area contributed by atoms with Crippen LogP contribution in [0.4, 0.5) is 5.69 Å². The van der Waals surface area contributed by atoms with Crippen LogP contribution < -0.4 is 20.5 Å².